The minimum absolute atomic E-state index is 0.0673. The topological polar surface area (TPSA) is 139 Å². The molecule has 18 atom stereocenters. The van der Waals surface area contributed by atoms with Gasteiger partial charge in [0.2, 0.25) is 5.91 Å². The van der Waals surface area contributed by atoms with Crippen molar-refractivity contribution in [1.29, 1.82) is 0 Å². The fraction of sp³-hybridized carbons (Fsp3) is 0.508. The molecule has 15 rings (SSSR count). The Bertz CT molecular complexity index is 2980. The maximum Gasteiger partial charge on any atom is 0.313 e. The number of Topliss-reactive ketones (excluding diaryl/α,β-unsaturated/α-hetero) is 1. The minimum atomic E-state index is -1.84. The van der Waals surface area contributed by atoms with Crippen molar-refractivity contribution in [2.45, 2.75) is 138 Å². The Kier molecular flexibility index (Phi) is 13.4. The summed E-state index contributed by atoms with van der Waals surface area (Å²) in [5, 5.41) is 0. The van der Waals surface area contributed by atoms with Crippen LogP contribution in [0.25, 0.3) is 0 Å². The summed E-state index contributed by atoms with van der Waals surface area (Å²) in [6, 6.07) is 49.6. The third kappa shape index (κ3) is 8.21. The molecule has 1 spiro atoms. The van der Waals surface area contributed by atoms with Crippen molar-refractivity contribution in [2.24, 2.45) is 40.9 Å². The van der Waals surface area contributed by atoms with E-state index in [4.69, 9.17) is 52.1 Å². The van der Waals surface area contributed by atoms with Gasteiger partial charge in [-0.15, -0.1) is 0 Å². The van der Waals surface area contributed by atoms with E-state index in [0.717, 1.165) is 35.1 Å². The minimum Gasteiger partial charge on any atom is -0.351 e. The zero-order valence-corrected chi connectivity index (χ0v) is 45.2. The molecule has 414 valence electrons. The van der Waals surface area contributed by atoms with Crippen molar-refractivity contribution < 1.29 is 61.7 Å². The Morgan fingerprint density at radius 3 is 1.85 bits per heavy atom. The van der Waals surface area contributed by atoms with Gasteiger partial charge in [0.15, 0.2) is 12.1 Å². The number of ether oxygens (including phenoxy) is 11. The number of nitrogens with zero attached hydrogens (tertiary/aromatic N) is 1. The molecule has 1 amide bonds. The molecule has 1 unspecified atom stereocenters. The van der Waals surface area contributed by atoms with Gasteiger partial charge in [0.1, 0.15) is 38.2 Å². The number of carbonyl (C=O) groups excluding carboxylic acids is 2. The molecule has 5 bridgehead atoms. The maximum atomic E-state index is 16.3. The van der Waals surface area contributed by atoms with Gasteiger partial charge in [-0.25, -0.2) is 0 Å². The number of hydrogen-bond donors (Lipinski definition) is 0. The number of ketones is 1. The first-order chi connectivity index (χ1) is 38.6. The average Bonchev–Trinajstić information content (AvgIpc) is 1.82. The number of hydrogen-bond acceptors (Lipinski definition) is 13. The van der Waals surface area contributed by atoms with Crippen LogP contribution in [0.15, 0.2) is 152 Å². The zero-order valence-electron chi connectivity index (χ0n) is 45.2. The number of fused-ring (bicyclic) bond motifs is 4. The molecule has 10 fully saturated rings. The van der Waals surface area contributed by atoms with Gasteiger partial charge >= 0.3 is 5.97 Å². The quantitative estimate of drug-likeness (QED) is 0.0646. The fourth-order valence-electron chi connectivity index (χ4n) is 16.8. The summed E-state index contributed by atoms with van der Waals surface area (Å²) >= 11 is 0. The van der Waals surface area contributed by atoms with Crippen molar-refractivity contribution in [1.82, 2.24) is 4.90 Å². The van der Waals surface area contributed by atoms with Gasteiger partial charge in [-0.2, -0.15) is 0 Å². The molecule has 0 aromatic heterocycles. The lowest BCUT2D eigenvalue weighted by Gasteiger charge is -2.74. The second kappa shape index (κ2) is 20.4. The van der Waals surface area contributed by atoms with Crippen molar-refractivity contribution >= 4 is 11.7 Å². The molecule has 6 heterocycles. The predicted molar refractivity (Wildman–Crippen MR) is 285 cm³/mol. The summed E-state index contributed by atoms with van der Waals surface area (Å²) in [5.41, 5.74) is 0.171. The van der Waals surface area contributed by atoms with Gasteiger partial charge < -0.3 is 57.0 Å². The van der Waals surface area contributed by atoms with Crippen molar-refractivity contribution in [3.05, 3.63) is 179 Å². The van der Waals surface area contributed by atoms with Crippen LogP contribution in [0.4, 0.5) is 0 Å². The highest BCUT2D eigenvalue weighted by atomic mass is 16.9. The largest absolute Gasteiger partial charge is 0.351 e. The van der Waals surface area contributed by atoms with Crippen LogP contribution >= 0.6 is 0 Å². The van der Waals surface area contributed by atoms with E-state index >= 15 is 9.59 Å². The normalized spacial score (nSPS) is 40.3. The highest BCUT2D eigenvalue weighted by Crippen LogP contribution is 2.80. The second-order valence-electron chi connectivity index (χ2n) is 24.2. The summed E-state index contributed by atoms with van der Waals surface area (Å²) in [6.45, 7) is 7.89. The fourth-order valence-corrected chi connectivity index (χ4v) is 16.8. The van der Waals surface area contributed by atoms with Crippen molar-refractivity contribution in [2.75, 3.05) is 26.9 Å². The number of amides is 1. The Labute approximate surface area is 462 Å². The molecule has 5 aromatic carbocycles. The first kappa shape index (κ1) is 51.9. The monoisotopic (exact) mass is 1070 g/mol. The van der Waals surface area contributed by atoms with E-state index in [9.17, 15) is 0 Å². The number of rotatable bonds is 17. The second-order valence-corrected chi connectivity index (χ2v) is 24.2. The van der Waals surface area contributed by atoms with E-state index < -0.39 is 94.6 Å². The Morgan fingerprint density at radius 2 is 1.22 bits per heavy atom. The van der Waals surface area contributed by atoms with E-state index in [1.54, 1.807) is 0 Å². The van der Waals surface area contributed by atoms with Crippen LogP contribution in [0.3, 0.4) is 0 Å². The first-order valence-electron chi connectivity index (χ1n) is 28.6. The summed E-state index contributed by atoms with van der Waals surface area (Å²) in [6.07, 6.45) is -1.94. The lowest BCUT2D eigenvalue weighted by atomic mass is 9.45. The van der Waals surface area contributed by atoms with E-state index in [1.807, 2.05) is 152 Å². The third-order valence-electron chi connectivity index (χ3n) is 20.0. The summed E-state index contributed by atoms with van der Waals surface area (Å²) in [4.78, 5) is 34.3. The number of benzene rings is 5. The SMILES string of the molecule is C[C@H]1CC[C@@H]2N(C1)C(=O)[C@@H]1[C@@H]3[C@@H](O[C@H](c4ccccc4)O[C@@]32C)[C@H](OCOCc2ccccc2)[C@]23OC4(c5ccccc5)O[C@@H]5[C@H](OCOCc6ccccc6)[C@@H]6C(=O)[C@@H](OCOCc7ccccc7)CC[C@]6(C)[C@](C[C@@H]12)(O4)[C@@H]53. The summed E-state index contributed by atoms with van der Waals surface area (Å²) in [7, 11) is 0. The van der Waals surface area contributed by atoms with E-state index in [1.165, 1.54) is 0 Å². The molecule has 6 saturated heterocycles. The highest BCUT2D eigenvalue weighted by Gasteiger charge is 2.91. The molecule has 6 aliphatic heterocycles. The van der Waals surface area contributed by atoms with E-state index in [-0.39, 0.29) is 44.0 Å². The summed E-state index contributed by atoms with van der Waals surface area (Å²) < 4.78 is 78.5. The zero-order chi connectivity index (χ0) is 53.6. The lowest BCUT2D eigenvalue weighted by molar-refractivity contribution is -0.585. The van der Waals surface area contributed by atoms with Crippen molar-refractivity contribution in [3.8, 4) is 0 Å². The van der Waals surface area contributed by atoms with E-state index in [2.05, 4.69) is 25.7 Å². The molecule has 0 radical (unpaired) electrons. The molecule has 14 nitrogen and oxygen atoms in total. The van der Waals surface area contributed by atoms with Gasteiger partial charge in [-0.1, -0.05) is 166 Å². The van der Waals surface area contributed by atoms with Gasteiger partial charge in [0.05, 0.1) is 73.1 Å². The average molecular weight is 1070 g/mol. The molecular weight excluding hydrogens is 1000 g/mol. The van der Waals surface area contributed by atoms with Gasteiger partial charge in [-0.3, -0.25) is 9.59 Å². The molecule has 79 heavy (non-hydrogen) atoms. The highest BCUT2D eigenvalue weighted by molar-refractivity contribution is 5.88. The van der Waals surface area contributed by atoms with E-state index in [0.29, 0.717) is 51.2 Å². The molecule has 4 aliphatic carbocycles. The van der Waals surface area contributed by atoms with Crippen LogP contribution in [0.5, 0.6) is 0 Å². The number of carbonyl (C=O) groups is 2. The summed E-state index contributed by atoms with van der Waals surface area (Å²) in [5.74, 6) is -4.73. The van der Waals surface area contributed by atoms with Gasteiger partial charge in [0, 0.05) is 34.9 Å². The van der Waals surface area contributed by atoms with Crippen LogP contribution in [-0.2, 0) is 87.5 Å². The third-order valence-corrected chi connectivity index (χ3v) is 20.0. The van der Waals surface area contributed by atoms with Crippen LogP contribution in [0, 0.1) is 40.9 Å². The standard InChI is InChI=1S/C65H71NO13/c1-41-29-30-49-62(3)51-50(59(68)66(49)34-41)47-33-63-57-56(54(73-39-70-36-43-21-11-5-12-22-43)52-53(67)48(31-32-61(52,63)2)72-38-69-35-42-19-9-4-10-20-42)76-65(78-63,46-27-17-8-18-28-46)79-64(47,57)58(74-40-71-37-44-23-13-6-14-24-44)55(51)75-60(77-62)45-25-15-7-16-26-45/h4-28,41,47-52,54-58,60H,29-40H2,1-3H3/t41-,47-,48-,49-,50-,51+,52-,54+,55+,56+,57+,58-,60-,61-,62+,63+,64-,65?/m0/s1. The molecule has 10 aliphatic rings. The number of piperidine rings is 2. The Hall–Kier alpha value is -5.20. The maximum absolute atomic E-state index is 16.3. The smallest absolute Gasteiger partial charge is 0.313 e. The Balaban J connectivity index is 0.923. The first-order valence-corrected chi connectivity index (χ1v) is 28.6. The lowest BCUT2D eigenvalue weighted by Crippen LogP contribution is -2.87. The molecule has 4 saturated carbocycles. The van der Waals surface area contributed by atoms with Crippen molar-refractivity contribution in [3.63, 3.8) is 0 Å². The molecule has 14 heteroatoms. The van der Waals surface area contributed by atoms with Crippen LogP contribution < -0.4 is 0 Å². The van der Waals surface area contributed by atoms with Crippen LogP contribution in [0.2, 0.25) is 0 Å². The molecule has 0 N–H and O–H groups in total. The van der Waals surface area contributed by atoms with Crippen LogP contribution in [0.1, 0.15) is 87.0 Å². The van der Waals surface area contributed by atoms with Gasteiger partial charge in [0.25, 0.3) is 0 Å². The molecule has 5 aromatic rings. The molecular formula is C65H71NO13. The van der Waals surface area contributed by atoms with Crippen LogP contribution in [-0.4, -0.2) is 96.9 Å². The Morgan fingerprint density at radius 1 is 0.633 bits per heavy atom. The van der Waals surface area contributed by atoms with Gasteiger partial charge in [-0.05, 0) is 61.6 Å². The predicted octanol–water partition coefficient (Wildman–Crippen LogP) is 9.79.